The van der Waals surface area contributed by atoms with E-state index in [4.69, 9.17) is 4.74 Å². The fraction of sp³-hybridized carbons (Fsp3) is 0.160. The molecule has 1 aliphatic heterocycles. The molecule has 1 aromatic heterocycles. The number of aryl methyl sites for hydroxylation is 1. The van der Waals surface area contributed by atoms with Gasteiger partial charge in [-0.1, -0.05) is 29.8 Å². The number of likely N-dealkylation sites (tertiary alicyclic amines) is 1. The Hall–Kier alpha value is -4.13. The number of benzene rings is 2. The van der Waals surface area contributed by atoms with Crippen LogP contribution in [-0.4, -0.2) is 38.9 Å². The first-order valence-electron chi connectivity index (χ1n) is 10.0. The maximum atomic E-state index is 13.1. The number of aromatic hydroxyl groups is 1. The second kappa shape index (κ2) is 8.55. The molecule has 0 bridgehead atoms. The molecule has 1 aliphatic rings. The number of hydrogen-bond donors (Lipinski definition) is 2. The van der Waals surface area contributed by atoms with Crippen molar-refractivity contribution in [3.8, 4) is 11.5 Å². The van der Waals surface area contributed by atoms with E-state index in [9.17, 15) is 19.8 Å². The van der Waals surface area contributed by atoms with Gasteiger partial charge in [-0.05, 0) is 48.4 Å². The van der Waals surface area contributed by atoms with Crippen molar-refractivity contribution in [2.45, 2.75) is 19.5 Å². The number of pyridine rings is 1. The molecule has 7 nitrogen and oxygen atoms in total. The first kappa shape index (κ1) is 21.1. The topological polar surface area (TPSA) is 100.0 Å². The lowest BCUT2D eigenvalue weighted by atomic mass is 9.94. The molecule has 2 N–H and O–H groups in total. The van der Waals surface area contributed by atoms with E-state index in [0.717, 1.165) is 11.1 Å². The van der Waals surface area contributed by atoms with Crippen molar-refractivity contribution in [2.24, 2.45) is 0 Å². The van der Waals surface area contributed by atoms with Gasteiger partial charge >= 0.3 is 0 Å². The Labute approximate surface area is 185 Å². The summed E-state index contributed by atoms with van der Waals surface area (Å²) in [4.78, 5) is 31.7. The summed E-state index contributed by atoms with van der Waals surface area (Å²) in [5.41, 5.74) is 2.48. The lowest BCUT2D eigenvalue weighted by molar-refractivity contribution is -0.140. The van der Waals surface area contributed by atoms with Crippen LogP contribution in [0, 0.1) is 6.92 Å². The van der Waals surface area contributed by atoms with Gasteiger partial charge in [-0.3, -0.25) is 14.6 Å². The van der Waals surface area contributed by atoms with Crippen LogP contribution >= 0.6 is 0 Å². The number of phenols is 1. The molecule has 162 valence electrons. The molecule has 2 aromatic carbocycles. The molecule has 0 saturated carbocycles. The number of carbonyl (C=O) groups excluding carboxylic acids is 2. The van der Waals surface area contributed by atoms with Crippen molar-refractivity contribution in [1.82, 2.24) is 9.88 Å². The summed E-state index contributed by atoms with van der Waals surface area (Å²) in [5.74, 6) is -1.38. The zero-order valence-electron chi connectivity index (χ0n) is 17.6. The quantitative estimate of drug-likeness (QED) is 0.364. The van der Waals surface area contributed by atoms with Crippen molar-refractivity contribution >= 4 is 17.4 Å². The van der Waals surface area contributed by atoms with Crippen LogP contribution in [0.4, 0.5) is 0 Å². The van der Waals surface area contributed by atoms with E-state index < -0.39 is 17.7 Å². The second-order valence-corrected chi connectivity index (χ2v) is 7.58. The number of methoxy groups -OCH3 is 1. The summed E-state index contributed by atoms with van der Waals surface area (Å²) < 4.78 is 5.38. The molecule has 1 unspecified atom stereocenters. The minimum Gasteiger partial charge on any atom is -0.508 e. The Kier molecular flexibility index (Phi) is 5.64. The van der Waals surface area contributed by atoms with E-state index in [0.29, 0.717) is 16.9 Å². The largest absolute Gasteiger partial charge is 0.508 e. The Morgan fingerprint density at radius 3 is 2.53 bits per heavy atom. The van der Waals surface area contributed by atoms with Crippen molar-refractivity contribution in [2.75, 3.05) is 7.11 Å². The minimum absolute atomic E-state index is 0.0338. The van der Waals surface area contributed by atoms with E-state index in [1.54, 1.807) is 42.7 Å². The van der Waals surface area contributed by atoms with E-state index in [2.05, 4.69) is 4.98 Å². The Bertz CT molecular complexity index is 1200. The molecule has 1 fully saturated rings. The third-order valence-corrected chi connectivity index (χ3v) is 5.43. The van der Waals surface area contributed by atoms with Crippen LogP contribution in [0.1, 0.15) is 28.3 Å². The number of ether oxygens (including phenoxy) is 1. The lowest BCUT2D eigenvalue weighted by Crippen LogP contribution is -2.29. The van der Waals surface area contributed by atoms with Gasteiger partial charge in [0.2, 0.25) is 0 Å². The van der Waals surface area contributed by atoms with E-state index in [-0.39, 0.29) is 23.6 Å². The summed E-state index contributed by atoms with van der Waals surface area (Å²) >= 11 is 0. The molecule has 4 rings (SSSR count). The number of Topliss-reactive ketones (excluding diaryl/α,β-unsaturated/α-hetero) is 1. The van der Waals surface area contributed by atoms with E-state index in [1.807, 2.05) is 19.1 Å². The van der Waals surface area contributed by atoms with Gasteiger partial charge in [0.05, 0.1) is 24.3 Å². The summed E-state index contributed by atoms with van der Waals surface area (Å²) in [5, 5.41) is 21.0. The van der Waals surface area contributed by atoms with Gasteiger partial charge < -0.3 is 19.8 Å². The van der Waals surface area contributed by atoms with Crippen LogP contribution in [0.2, 0.25) is 0 Å². The monoisotopic (exact) mass is 430 g/mol. The van der Waals surface area contributed by atoms with Gasteiger partial charge in [0.25, 0.3) is 11.7 Å². The highest BCUT2D eigenvalue weighted by Crippen LogP contribution is 2.42. The van der Waals surface area contributed by atoms with Gasteiger partial charge in [0, 0.05) is 18.9 Å². The summed E-state index contributed by atoms with van der Waals surface area (Å²) in [6.45, 7) is 1.99. The van der Waals surface area contributed by atoms with Gasteiger partial charge in [0.1, 0.15) is 17.3 Å². The minimum atomic E-state index is -0.846. The van der Waals surface area contributed by atoms with Crippen LogP contribution in [0.25, 0.3) is 5.76 Å². The number of aromatic nitrogens is 1. The SMILES string of the molecule is COc1ccc(C)cc1/C(O)=C1\C(=O)C(=O)N(Cc2cccnc2)C1c1ccc(O)cc1. The molecule has 0 radical (unpaired) electrons. The average Bonchev–Trinajstić information content (AvgIpc) is 3.04. The predicted molar refractivity (Wildman–Crippen MR) is 118 cm³/mol. The molecule has 7 heteroatoms. The molecular weight excluding hydrogens is 408 g/mol. The van der Waals surface area contributed by atoms with E-state index >= 15 is 0 Å². The first-order chi connectivity index (χ1) is 15.4. The molecule has 2 heterocycles. The smallest absolute Gasteiger partial charge is 0.295 e. The number of rotatable bonds is 5. The zero-order valence-corrected chi connectivity index (χ0v) is 17.6. The van der Waals surface area contributed by atoms with Crippen LogP contribution in [0.5, 0.6) is 11.5 Å². The van der Waals surface area contributed by atoms with Crippen molar-refractivity contribution in [3.05, 3.63) is 94.8 Å². The standard InChI is InChI=1S/C25H22N2O5/c1-15-5-10-20(32-2)19(12-15)23(29)21-22(17-6-8-18(28)9-7-17)27(25(31)24(21)30)14-16-4-3-11-26-13-16/h3-13,22,28-29H,14H2,1-2H3/b23-21+. The number of phenolic OH excluding ortho intramolecular Hbond substituents is 1. The molecular formula is C25H22N2O5. The maximum Gasteiger partial charge on any atom is 0.295 e. The van der Waals surface area contributed by atoms with Crippen molar-refractivity contribution in [3.63, 3.8) is 0 Å². The van der Waals surface area contributed by atoms with Crippen molar-refractivity contribution < 1.29 is 24.5 Å². The third kappa shape index (κ3) is 3.80. The Morgan fingerprint density at radius 2 is 1.88 bits per heavy atom. The molecule has 1 amide bonds. The Morgan fingerprint density at radius 1 is 1.12 bits per heavy atom. The Balaban J connectivity index is 1.91. The molecule has 1 saturated heterocycles. The highest BCUT2D eigenvalue weighted by atomic mass is 16.5. The number of ketones is 1. The fourth-order valence-electron chi connectivity index (χ4n) is 3.89. The average molecular weight is 430 g/mol. The van der Waals surface area contributed by atoms with Gasteiger partial charge in [-0.15, -0.1) is 0 Å². The number of aliphatic hydroxyl groups is 1. The van der Waals surface area contributed by atoms with Crippen LogP contribution in [-0.2, 0) is 16.1 Å². The zero-order chi connectivity index (χ0) is 22.8. The number of hydrogen-bond acceptors (Lipinski definition) is 6. The summed E-state index contributed by atoms with van der Waals surface area (Å²) in [6, 6.07) is 14.2. The summed E-state index contributed by atoms with van der Waals surface area (Å²) in [6.07, 6.45) is 3.25. The first-order valence-corrected chi connectivity index (χ1v) is 10.0. The van der Waals surface area contributed by atoms with Crippen LogP contribution < -0.4 is 4.74 Å². The maximum absolute atomic E-state index is 13.1. The molecule has 32 heavy (non-hydrogen) atoms. The number of carbonyl (C=O) groups is 2. The molecule has 1 atom stereocenters. The fourth-order valence-corrected chi connectivity index (χ4v) is 3.89. The predicted octanol–water partition coefficient (Wildman–Crippen LogP) is 3.73. The molecule has 0 spiro atoms. The molecule has 0 aliphatic carbocycles. The number of nitrogens with zero attached hydrogens (tertiary/aromatic N) is 2. The number of amides is 1. The van der Waals surface area contributed by atoms with E-state index in [1.165, 1.54) is 24.1 Å². The normalized spacial score (nSPS) is 17.6. The lowest BCUT2D eigenvalue weighted by Gasteiger charge is -2.25. The van der Waals surface area contributed by atoms with Crippen LogP contribution in [0.3, 0.4) is 0 Å². The van der Waals surface area contributed by atoms with Gasteiger partial charge in [0.15, 0.2) is 0 Å². The third-order valence-electron chi connectivity index (χ3n) is 5.43. The molecule has 3 aromatic rings. The summed E-state index contributed by atoms with van der Waals surface area (Å²) in [7, 11) is 1.47. The van der Waals surface area contributed by atoms with Gasteiger partial charge in [-0.2, -0.15) is 0 Å². The second-order valence-electron chi connectivity index (χ2n) is 7.58. The number of aliphatic hydroxyl groups excluding tert-OH is 1. The van der Waals surface area contributed by atoms with Crippen molar-refractivity contribution in [1.29, 1.82) is 0 Å². The highest BCUT2D eigenvalue weighted by Gasteiger charge is 2.46. The highest BCUT2D eigenvalue weighted by molar-refractivity contribution is 6.46. The van der Waals surface area contributed by atoms with Crippen LogP contribution in [0.15, 0.2) is 72.6 Å². The van der Waals surface area contributed by atoms with Gasteiger partial charge in [-0.25, -0.2) is 0 Å².